The summed E-state index contributed by atoms with van der Waals surface area (Å²) in [5.41, 5.74) is 8.13. The van der Waals surface area contributed by atoms with Crippen LogP contribution in [0, 0.1) is 6.92 Å². The molecule has 1 aliphatic heterocycles. The standard InChI is InChI=1S/C21H23N2/c1-13(2)16-11-12-22(4)21-18-14(3)9-10-15-7-6-8-17(19(15)18)23(5)20(16)21/h6-13H,1-5H3/q+1. The summed E-state index contributed by atoms with van der Waals surface area (Å²) >= 11 is 0. The number of nitrogens with zero attached hydrogens (tertiary/aromatic N) is 2. The van der Waals surface area contributed by atoms with Gasteiger partial charge in [-0.25, -0.2) is 0 Å². The maximum absolute atomic E-state index is 2.37. The second kappa shape index (κ2) is 4.82. The first kappa shape index (κ1) is 14.3. The van der Waals surface area contributed by atoms with E-state index in [-0.39, 0.29) is 0 Å². The zero-order valence-corrected chi connectivity index (χ0v) is 14.5. The van der Waals surface area contributed by atoms with Gasteiger partial charge in [0.1, 0.15) is 12.7 Å². The van der Waals surface area contributed by atoms with Gasteiger partial charge in [0.15, 0.2) is 6.20 Å². The topological polar surface area (TPSA) is 7.12 Å². The lowest BCUT2D eigenvalue weighted by molar-refractivity contribution is -0.659. The molecule has 0 fully saturated rings. The molecule has 4 rings (SSSR count). The summed E-state index contributed by atoms with van der Waals surface area (Å²) in [5.74, 6) is 0.497. The number of benzene rings is 2. The summed E-state index contributed by atoms with van der Waals surface area (Å²) < 4.78 is 2.27. The van der Waals surface area contributed by atoms with Gasteiger partial charge in [0.25, 0.3) is 0 Å². The minimum absolute atomic E-state index is 0.497. The first-order chi connectivity index (χ1) is 11.0. The van der Waals surface area contributed by atoms with Crippen molar-refractivity contribution in [2.45, 2.75) is 26.7 Å². The maximum atomic E-state index is 2.37. The molecule has 0 atom stereocenters. The normalized spacial score (nSPS) is 12.9. The van der Waals surface area contributed by atoms with Crippen molar-refractivity contribution in [1.29, 1.82) is 0 Å². The zero-order valence-electron chi connectivity index (χ0n) is 14.5. The molecule has 0 saturated carbocycles. The van der Waals surface area contributed by atoms with E-state index in [1.54, 1.807) is 0 Å². The predicted octanol–water partition coefficient (Wildman–Crippen LogP) is 4.84. The van der Waals surface area contributed by atoms with E-state index >= 15 is 0 Å². The summed E-state index contributed by atoms with van der Waals surface area (Å²) in [6.07, 6.45) is 2.20. The number of hydrogen-bond acceptors (Lipinski definition) is 1. The van der Waals surface area contributed by atoms with Crippen LogP contribution >= 0.6 is 0 Å². The fourth-order valence-corrected chi connectivity index (χ4v) is 3.93. The fraction of sp³-hybridized carbons (Fsp3) is 0.286. The monoisotopic (exact) mass is 303 g/mol. The second-order valence-corrected chi connectivity index (χ2v) is 6.93. The molecule has 0 amide bonds. The molecular weight excluding hydrogens is 280 g/mol. The van der Waals surface area contributed by atoms with Crippen LogP contribution in [0.2, 0.25) is 0 Å². The zero-order chi connectivity index (χ0) is 16.3. The molecule has 2 heterocycles. The molecule has 0 aliphatic carbocycles. The van der Waals surface area contributed by atoms with E-state index < -0.39 is 0 Å². The maximum Gasteiger partial charge on any atom is 0.237 e. The number of pyridine rings is 1. The van der Waals surface area contributed by atoms with Crippen LogP contribution in [0.1, 0.15) is 30.9 Å². The quantitative estimate of drug-likeness (QED) is 0.583. The third-order valence-corrected chi connectivity index (χ3v) is 5.12. The minimum Gasteiger partial charge on any atom is -0.338 e. The van der Waals surface area contributed by atoms with Crippen molar-refractivity contribution in [3.8, 4) is 11.3 Å². The lowest BCUT2D eigenvalue weighted by atomic mass is 9.88. The van der Waals surface area contributed by atoms with Gasteiger partial charge in [-0.1, -0.05) is 38.1 Å². The van der Waals surface area contributed by atoms with Crippen LogP contribution in [0.25, 0.3) is 22.0 Å². The lowest BCUT2D eigenvalue weighted by Crippen LogP contribution is -2.35. The molecule has 0 radical (unpaired) electrons. The molecule has 2 heteroatoms. The van der Waals surface area contributed by atoms with Crippen LogP contribution in [0.15, 0.2) is 42.6 Å². The van der Waals surface area contributed by atoms with E-state index in [4.69, 9.17) is 0 Å². The lowest BCUT2D eigenvalue weighted by Gasteiger charge is -2.31. The Hall–Kier alpha value is -2.35. The van der Waals surface area contributed by atoms with Gasteiger partial charge in [-0.15, -0.1) is 0 Å². The molecule has 3 aromatic rings. The Bertz CT molecular complexity index is 938. The summed E-state index contributed by atoms with van der Waals surface area (Å²) in [7, 11) is 4.35. The van der Waals surface area contributed by atoms with Crippen molar-refractivity contribution in [3.05, 3.63) is 53.7 Å². The van der Waals surface area contributed by atoms with E-state index in [0.29, 0.717) is 5.92 Å². The van der Waals surface area contributed by atoms with Crippen molar-refractivity contribution in [1.82, 2.24) is 0 Å². The highest BCUT2D eigenvalue weighted by molar-refractivity contribution is 6.11. The van der Waals surface area contributed by atoms with E-state index in [0.717, 1.165) is 0 Å². The van der Waals surface area contributed by atoms with Gasteiger partial charge in [-0.3, -0.25) is 0 Å². The van der Waals surface area contributed by atoms with Gasteiger partial charge in [-0.05, 0) is 35.4 Å². The minimum atomic E-state index is 0.497. The highest BCUT2D eigenvalue weighted by atomic mass is 15.1. The average Bonchev–Trinajstić information content (AvgIpc) is 2.53. The van der Waals surface area contributed by atoms with Crippen molar-refractivity contribution >= 4 is 22.1 Å². The molecule has 0 unspecified atom stereocenters. The Balaban J connectivity index is 2.25. The molecule has 23 heavy (non-hydrogen) atoms. The van der Waals surface area contributed by atoms with Crippen molar-refractivity contribution in [2.24, 2.45) is 7.05 Å². The van der Waals surface area contributed by atoms with Gasteiger partial charge in [0.2, 0.25) is 5.69 Å². The number of anilines is 2. The second-order valence-electron chi connectivity index (χ2n) is 6.93. The van der Waals surface area contributed by atoms with Gasteiger partial charge >= 0.3 is 0 Å². The number of rotatable bonds is 1. The molecule has 0 spiro atoms. The highest BCUT2D eigenvalue weighted by Gasteiger charge is 2.32. The summed E-state index contributed by atoms with van der Waals surface area (Å²) in [6, 6.07) is 13.4. The van der Waals surface area contributed by atoms with Gasteiger partial charge in [0, 0.05) is 24.2 Å². The van der Waals surface area contributed by atoms with Crippen LogP contribution in [-0.4, -0.2) is 7.05 Å². The van der Waals surface area contributed by atoms with E-state index in [1.165, 1.54) is 44.5 Å². The van der Waals surface area contributed by atoms with E-state index in [9.17, 15) is 0 Å². The third-order valence-electron chi connectivity index (χ3n) is 5.12. The molecule has 1 aliphatic rings. The molecule has 2 aromatic carbocycles. The van der Waals surface area contributed by atoms with Crippen LogP contribution < -0.4 is 9.47 Å². The van der Waals surface area contributed by atoms with E-state index in [1.807, 2.05) is 0 Å². The third kappa shape index (κ3) is 1.84. The van der Waals surface area contributed by atoms with Crippen LogP contribution in [0.3, 0.4) is 0 Å². The summed E-state index contributed by atoms with van der Waals surface area (Å²) in [4.78, 5) is 2.37. The number of aromatic nitrogens is 1. The average molecular weight is 303 g/mol. The number of hydrogen-bond donors (Lipinski definition) is 0. The van der Waals surface area contributed by atoms with Crippen molar-refractivity contribution < 1.29 is 4.57 Å². The van der Waals surface area contributed by atoms with Gasteiger partial charge in [0.05, 0.1) is 5.56 Å². The van der Waals surface area contributed by atoms with Crippen LogP contribution in [0.4, 0.5) is 11.4 Å². The van der Waals surface area contributed by atoms with Crippen molar-refractivity contribution in [3.63, 3.8) is 0 Å². The van der Waals surface area contributed by atoms with E-state index in [2.05, 4.69) is 86.9 Å². The first-order valence-corrected chi connectivity index (χ1v) is 8.29. The molecule has 1 aromatic heterocycles. The molecule has 0 bridgehead atoms. The highest BCUT2D eigenvalue weighted by Crippen LogP contribution is 2.48. The molecule has 0 N–H and O–H groups in total. The summed E-state index contributed by atoms with van der Waals surface area (Å²) in [6.45, 7) is 6.78. The molecule has 0 saturated heterocycles. The first-order valence-electron chi connectivity index (χ1n) is 8.29. The Morgan fingerprint density at radius 2 is 1.83 bits per heavy atom. The number of fused-ring (bicyclic) bond motifs is 2. The summed E-state index contributed by atoms with van der Waals surface area (Å²) in [5, 5.41) is 2.69. The largest absolute Gasteiger partial charge is 0.338 e. The van der Waals surface area contributed by atoms with Crippen LogP contribution in [0.5, 0.6) is 0 Å². The smallest absolute Gasteiger partial charge is 0.237 e. The van der Waals surface area contributed by atoms with Crippen molar-refractivity contribution in [2.75, 3.05) is 11.9 Å². The molecule has 2 nitrogen and oxygen atoms in total. The Kier molecular flexibility index (Phi) is 2.99. The van der Waals surface area contributed by atoms with Gasteiger partial charge < -0.3 is 4.90 Å². The van der Waals surface area contributed by atoms with Gasteiger partial charge in [-0.2, -0.15) is 4.57 Å². The van der Waals surface area contributed by atoms with Crippen LogP contribution in [-0.2, 0) is 7.05 Å². The number of aryl methyl sites for hydroxylation is 2. The Morgan fingerprint density at radius 1 is 1.04 bits per heavy atom. The molecular formula is C21H23N2+. The SMILES string of the molecule is Cc1ccc2cccc3c2c1-c1c(c(C(C)C)cc[n+]1C)N3C. The molecule has 116 valence electrons. The Labute approximate surface area is 138 Å². The predicted molar refractivity (Wildman–Crippen MR) is 97.4 cm³/mol. The Morgan fingerprint density at radius 3 is 2.57 bits per heavy atom. The fourth-order valence-electron chi connectivity index (χ4n) is 3.93.